The van der Waals surface area contributed by atoms with Crippen LogP contribution in [0.1, 0.15) is 36.2 Å². The van der Waals surface area contributed by atoms with Crippen LogP contribution in [-0.2, 0) is 4.74 Å². The molecule has 0 heterocycles. The molecule has 0 atom stereocenters. The van der Waals surface area contributed by atoms with Crippen LogP contribution in [-0.4, -0.2) is 30.4 Å². The summed E-state index contributed by atoms with van der Waals surface area (Å²) in [7, 11) is 1.65. The molecule has 0 aliphatic rings. The molecule has 1 N–H and O–H groups in total. The van der Waals surface area contributed by atoms with Gasteiger partial charge in [-0.2, -0.15) is 0 Å². The minimum Gasteiger partial charge on any atom is -0.493 e. The van der Waals surface area contributed by atoms with Crippen LogP contribution in [0.2, 0.25) is 0 Å². The van der Waals surface area contributed by atoms with Crippen LogP contribution >= 0.6 is 0 Å². The van der Waals surface area contributed by atoms with Crippen molar-refractivity contribution in [2.75, 3.05) is 13.7 Å². The first kappa shape index (κ1) is 14.5. The van der Waals surface area contributed by atoms with Gasteiger partial charge in [-0.25, -0.2) is 4.79 Å². The first-order chi connectivity index (χ1) is 8.35. The molecule has 0 saturated carbocycles. The summed E-state index contributed by atoms with van der Waals surface area (Å²) >= 11 is 0. The quantitative estimate of drug-likeness (QED) is 0.845. The molecule has 1 aromatic carbocycles. The van der Waals surface area contributed by atoms with Crippen LogP contribution in [0.25, 0.3) is 0 Å². The van der Waals surface area contributed by atoms with Crippen molar-refractivity contribution in [3.05, 3.63) is 29.3 Å². The zero-order valence-electron chi connectivity index (χ0n) is 11.3. The minimum absolute atomic E-state index is 0.199. The van der Waals surface area contributed by atoms with Crippen molar-refractivity contribution in [2.24, 2.45) is 0 Å². The van der Waals surface area contributed by atoms with E-state index in [1.165, 1.54) is 0 Å². The lowest BCUT2D eigenvalue weighted by Crippen LogP contribution is -2.25. The maximum Gasteiger partial charge on any atom is 0.339 e. The Morgan fingerprint density at radius 2 is 2.06 bits per heavy atom. The second-order valence-electron chi connectivity index (χ2n) is 4.87. The SMILES string of the molecule is COC(C)(C)CCOc1ccc(C)cc1C(=O)O. The number of carbonyl (C=O) groups is 1. The van der Waals surface area contributed by atoms with E-state index >= 15 is 0 Å². The molecule has 0 aromatic heterocycles. The van der Waals surface area contributed by atoms with Gasteiger partial charge in [0.25, 0.3) is 0 Å². The Hall–Kier alpha value is -1.55. The van der Waals surface area contributed by atoms with E-state index in [-0.39, 0.29) is 11.2 Å². The van der Waals surface area contributed by atoms with Gasteiger partial charge >= 0.3 is 5.97 Å². The molecule has 0 aliphatic carbocycles. The number of hydrogen-bond donors (Lipinski definition) is 1. The number of ether oxygens (including phenoxy) is 2. The predicted molar refractivity (Wildman–Crippen MR) is 69.3 cm³/mol. The van der Waals surface area contributed by atoms with E-state index < -0.39 is 5.97 Å². The van der Waals surface area contributed by atoms with Gasteiger partial charge in [0, 0.05) is 13.5 Å². The van der Waals surface area contributed by atoms with E-state index in [4.69, 9.17) is 14.6 Å². The lowest BCUT2D eigenvalue weighted by Gasteiger charge is -2.22. The fourth-order valence-corrected chi connectivity index (χ4v) is 1.45. The summed E-state index contributed by atoms with van der Waals surface area (Å²) in [5.41, 5.74) is 0.829. The molecule has 0 radical (unpaired) electrons. The van der Waals surface area contributed by atoms with Crippen molar-refractivity contribution >= 4 is 5.97 Å². The Morgan fingerprint density at radius 3 is 2.61 bits per heavy atom. The summed E-state index contributed by atoms with van der Waals surface area (Å²) < 4.78 is 10.8. The summed E-state index contributed by atoms with van der Waals surface area (Å²) in [4.78, 5) is 11.1. The monoisotopic (exact) mass is 252 g/mol. The van der Waals surface area contributed by atoms with Crippen LogP contribution < -0.4 is 4.74 Å². The Bertz CT molecular complexity index is 424. The molecular formula is C14H20O4. The standard InChI is InChI=1S/C14H20O4/c1-10-5-6-12(11(9-10)13(15)16)18-8-7-14(2,3)17-4/h5-6,9H,7-8H2,1-4H3,(H,15,16). The van der Waals surface area contributed by atoms with Crippen molar-refractivity contribution in [2.45, 2.75) is 32.8 Å². The molecule has 1 rings (SSSR count). The van der Waals surface area contributed by atoms with Crippen LogP contribution in [0.4, 0.5) is 0 Å². The second kappa shape index (κ2) is 5.87. The maximum atomic E-state index is 11.1. The van der Waals surface area contributed by atoms with Gasteiger partial charge in [-0.3, -0.25) is 0 Å². The number of carboxylic acids is 1. The maximum absolute atomic E-state index is 11.1. The molecule has 18 heavy (non-hydrogen) atoms. The number of rotatable bonds is 6. The smallest absolute Gasteiger partial charge is 0.339 e. The summed E-state index contributed by atoms with van der Waals surface area (Å²) in [6.45, 7) is 6.20. The Balaban J connectivity index is 2.70. The first-order valence-corrected chi connectivity index (χ1v) is 5.87. The van der Waals surface area contributed by atoms with Crippen molar-refractivity contribution < 1.29 is 19.4 Å². The van der Waals surface area contributed by atoms with E-state index in [1.807, 2.05) is 26.8 Å². The van der Waals surface area contributed by atoms with Crippen molar-refractivity contribution in [3.8, 4) is 5.75 Å². The van der Waals surface area contributed by atoms with Gasteiger partial charge in [0.2, 0.25) is 0 Å². The molecule has 0 bridgehead atoms. The molecule has 0 unspecified atom stereocenters. The minimum atomic E-state index is -0.972. The second-order valence-corrected chi connectivity index (χ2v) is 4.87. The third-order valence-electron chi connectivity index (χ3n) is 2.88. The summed E-state index contributed by atoms with van der Waals surface area (Å²) in [5, 5.41) is 9.09. The van der Waals surface area contributed by atoms with E-state index in [0.29, 0.717) is 18.8 Å². The van der Waals surface area contributed by atoms with Crippen molar-refractivity contribution in [3.63, 3.8) is 0 Å². The highest BCUT2D eigenvalue weighted by Gasteiger charge is 2.17. The van der Waals surface area contributed by atoms with Crippen molar-refractivity contribution in [1.82, 2.24) is 0 Å². The van der Waals surface area contributed by atoms with E-state index in [9.17, 15) is 4.79 Å². The topological polar surface area (TPSA) is 55.8 Å². The Morgan fingerprint density at radius 1 is 1.39 bits per heavy atom. The fraction of sp³-hybridized carbons (Fsp3) is 0.500. The average molecular weight is 252 g/mol. The number of aromatic carboxylic acids is 1. The van der Waals surface area contributed by atoms with Crippen LogP contribution in [0.15, 0.2) is 18.2 Å². The third kappa shape index (κ3) is 4.04. The lowest BCUT2D eigenvalue weighted by atomic mass is 10.1. The van der Waals surface area contributed by atoms with Gasteiger partial charge in [0.1, 0.15) is 11.3 Å². The van der Waals surface area contributed by atoms with Crippen LogP contribution in [0, 0.1) is 6.92 Å². The highest BCUT2D eigenvalue weighted by molar-refractivity contribution is 5.91. The summed E-state index contributed by atoms with van der Waals surface area (Å²) in [5.74, 6) is -0.570. The predicted octanol–water partition coefficient (Wildman–Crippen LogP) is 2.89. The van der Waals surface area contributed by atoms with Gasteiger partial charge in [0.15, 0.2) is 0 Å². The number of aryl methyl sites for hydroxylation is 1. The summed E-state index contributed by atoms with van der Waals surface area (Å²) in [6.07, 6.45) is 0.691. The third-order valence-corrected chi connectivity index (χ3v) is 2.88. The molecule has 0 fully saturated rings. The molecule has 4 nitrogen and oxygen atoms in total. The van der Waals surface area contributed by atoms with Crippen LogP contribution in [0.5, 0.6) is 5.75 Å². The molecule has 1 aromatic rings. The highest BCUT2D eigenvalue weighted by Crippen LogP contribution is 2.21. The highest BCUT2D eigenvalue weighted by atomic mass is 16.5. The molecular weight excluding hydrogens is 232 g/mol. The largest absolute Gasteiger partial charge is 0.493 e. The lowest BCUT2D eigenvalue weighted by molar-refractivity contribution is 0.00537. The molecule has 100 valence electrons. The summed E-state index contributed by atoms with van der Waals surface area (Å²) in [6, 6.07) is 5.14. The van der Waals surface area contributed by atoms with Crippen molar-refractivity contribution in [1.29, 1.82) is 0 Å². The van der Waals surface area contributed by atoms with Gasteiger partial charge in [-0.15, -0.1) is 0 Å². The molecule has 0 saturated heterocycles. The normalized spacial score (nSPS) is 11.3. The molecule has 4 heteroatoms. The molecule has 0 aliphatic heterocycles. The fourth-order valence-electron chi connectivity index (χ4n) is 1.45. The Labute approximate surface area is 108 Å². The van der Waals surface area contributed by atoms with Gasteiger partial charge in [-0.05, 0) is 32.9 Å². The molecule has 0 spiro atoms. The zero-order valence-corrected chi connectivity index (χ0v) is 11.3. The zero-order chi connectivity index (χ0) is 13.8. The van der Waals surface area contributed by atoms with Gasteiger partial charge in [-0.1, -0.05) is 11.6 Å². The van der Waals surface area contributed by atoms with E-state index in [2.05, 4.69) is 0 Å². The molecule has 0 amide bonds. The average Bonchev–Trinajstić information content (AvgIpc) is 2.30. The number of benzene rings is 1. The van der Waals surface area contributed by atoms with Gasteiger partial charge < -0.3 is 14.6 Å². The van der Waals surface area contributed by atoms with Gasteiger partial charge in [0.05, 0.1) is 12.2 Å². The van der Waals surface area contributed by atoms with Crippen LogP contribution in [0.3, 0.4) is 0 Å². The van der Waals surface area contributed by atoms with E-state index in [0.717, 1.165) is 5.56 Å². The number of hydrogen-bond acceptors (Lipinski definition) is 3. The number of methoxy groups -OCH3 is 1. The Kier molecular flexibility index (Phi) is 4.73. The number of carboxylic acid groups (broad SMARTS) is 1. The first-order valence-electron chi connectivity index (χ1n) is 5.87. The van der Waals surface area contributed by atoms with E-state index in [1.54, 1.807) is 19.2 Å².